The number of likely N-dealkylation sites (tertiary alicyclic amines) is 1. The Morgan fingerprint density at radius 3 is 2.50 bits per heavy atom. The molecule has 2 nitrogen and oxygen atoms in total. The zero-order chi connectivity index (χ0) is 14.8. The molecule has 2 rings (SSSR count). The molecule has 6 heteroatoms. The van der Waals surface area contributed by atoms with Crippen molar-refractivity contribution in [3.63, 3.8) is 0 Å². The average molecular weight is 290 g/mol. The summed E-state index contributed by atoms with van der Waals surface area (Å²) in [6, 6.07) is 4.43. The first-order valence-electron chi connectivity index (χ1n) is 6.61. The van der Waals surface area contributed by atoms with E-state index < -0.39 is 12.2 Å². The molecule has 0 bridgehead atoms. The van der Waals surface area contributed by atoms with Gasteiger partial charge in [-0.05, 0) is 44.1 Å². The van der Waals surface area contributed by atoms with Crippen molar-refractivity contribution < 1.29 is 17.6 Å². The largest absolute Gasteiger partial charge is 0.404 e. The summed E-state index contributed by atoms with van der Waals surface area (Å²) < 4.78 is 51.3. The molecule has 2 unspecified atom stereocenters. The van der Waals surface area contributed by atoms with Crippen LogP contribution in [0, 0.1) is 5.82 Å². The third-order valence-electron chi connectivity index (χ3n) is 3.76. The van der Waals surface area contributed by atoms with E-state index in [1.807, 2.05) is 0 Å². The Hall–Kier alpha value is -1.14. The van der Waals surface area contributed by atoms with E-state index in [9.17, 15) is 17.6 Å². The van der Waals surface area contributed by atoms with Gasteiger partial charge in [0.25, 0.3) is 0 Å². The highest BCUT2D eigenvalue weighted by Crippen LogP contribution is 2.31. The van der Waals surface area contributed by atoms with Crippen molar-refractivity contribution in [2.24, 2.45) is 0 Å². The van der Waals surface area contributed by atoms with Crippen molar-refractivity contribution in [2.75, 3.05) is 13.6 Å². The number of piperidine rings is 1. The summed E-state index contributed by atoms with van der Waals surface area (Å²) in [7, 11) is 1.51. The normalized spacial score (nSPS) is 24.9. The van der Waals surface area contributed by atoms with Crippen LogP contribution in [-0.4, -0.2) is 36.8 Å². The van der Waals surface area contributed by atoms with E-state index in [1.54, 1.807) is 12.1 Å². The molecule has 0 radical (unpaired) electrons. The molecular formula is C14H18F4N2. The first-order valence-corrected chi connectivity index (χ1v) is 6.61. The Morgan fingerprint density at radius 2 is 1.90 bits per heavy atom. The Balaban J connectivity index is 1.89. The van der Waals surface area contributed by atoms with Gasteiger partial charge in [0.05, 0.1) is 0 Å². The fraction of sp³-hybridized carbons (Fsp3) is 0.571. The van der Waals surface area contributed by atoms with E-state index in [2.05, 4.69) is 5.32 Å². The van der Waals surface area contributed by atoms with Crippen LogP contribution < -0.4 is 5.32 Å². The third-order valence-corrected chi connectivity index (χ3v) is 3.76. The Morgan fingerprint density at radius 1 is 1.25 bits per heavy atom. The monoisotopic (exact) mass is 290 g/mol. The van der Waals surface area contributed by atoms with Gasteiger partial charge in [-0.25, -0.2) is 4.39 Å². The second-order valence-corrected chi connectivity index (χ2v) is 5.27. The van der Waals surface area contributed by atoms with Crippen LogP contribution in [0.1, 0.15) is 18.4 Å². The number of hydrogen-bond acceptors (Lipinski definition) is 2. The number of nitrogens with one attached hydrogen (secondary N) is 1. The molecule has 0 aromatic heterocycles. The molecule has 1 N–H and O–H groups in total. The maximum atomic E-state index is 12.9. The zero-order valence-corrected chi connectivity index (χ0v) is 11.3. The van der Waals surface area contributed by atoms with Crippen molar-refractivity contribution in [1.29, 1.82) is 0 Å². The summed E-state index contributed by atoms with van der Waals surface area (Å²) in [6.07, 6.45) is -3.45. The number of nitrogens with zero attached hydrogens (tertiary/aromatic N) is 1. The molecular weight excluding hydrogens is 272 g/mol. The molecule has 1 saturated heterocycles. The van der Waals surface area contributed by atoms with Crippen LogP contribution in [0.3, 0.4) is 0 Å². The van der Waals surface area contributed by atoms with Gasteiger partial charge in [0.1, 0.15) is 11.9 Å². The number of hydrogen-bond donors (Lipinski definition) is 1. The fourth-order valence-corrected chi connectivity index (χ4v) is 2.52. The molecule has 0 spiro atoms. The van der Waals surface area contributed by atoms with Gasteiger partial charge in [-0.2, -0.15) is 13.2 Å². The van der Waals surface area contributed by atoms with Crippen LogP contribution in [-0.2, 0) is 6.54 Å². The molecule has 112 valence electrons. The van der Waals surface area contributed by atoms with E-state index in [-0.39, 0.29) is 18.3 Å². The molecule has 1 fully saturated rings. The highest BCUT2D eigenvalue weighted by molar-refractivity contribution is 5.15. The lowest BCUT2D eigenvalue weighted by atomic mass is 9.97. The van der Waals surface area contributed by atoms with Gasteiger partial charge in [-0.1, -0.05) is 12.1 Å². The number of halogens is 4. The lowest BCUT2D eigenvalue weighted by Gasteiger charge is -2.38. The van der Waals surface area contributed by atoms with Crippen molar-refractivity contribution >= 4 is 0 Å². The summed E-state index contributed by atoms with van der Waals surface area (Å²) in [4.78, 5) is 1.36. The quantitative estimate of drug-likeness (QED) is 0.861. The van der Waals surface area contributed by atoms with Crippen molar-refractivity contribution in [3.8, 4) is 0 Å². The van der Waals surface area contributed by atoms with E-state index in [4.69, 9.17) is 0 Å². The SMILES string of the molecule is CN1CCC(NCc2ccc(F)cc2)CC1C(F)(F)F. The Labute approximate surface area is 115 Å². The van der Waals surface area contributed by atoms with E-state index in [0.29, 0.717) is 19.5 Å². The van der Waals surface area contributed by atoms with E-state index in [0.717, 1.165) is 5.56 Å². The summed E-state index contributed by atoms with van der Waals surface area (Å²) in [6.45, 7) is 0.879. The second kappa shape index (κ2) is 6.10. The van der Waals surface area contributed by atoms with Gasteiger partial charge in [0, 0.05) is 12.6 Å². The topological polar surface area (TPSA) is 15.3 Å². The number of alkyl halides is 3. The molecule has 0 amide bonds. The second-order valence-electron chi connectivity index (χ2n) is 5.27. The molecule has 1 heterocycles. The highest BCUT2D eigenvalue weighted by atomic mass is 19.4. The lowest BCUT2D eigenvalue weighted by molar-refractivity contribution is -0.189. The lowest BCUT2D eigenvalue weighted by Crippen LogP contribution is -2.53. The molecule has 20 heavy (non-hydrogen) atoms. The fourth-order valence-electron chi connectivity index (χ4n) is 2.52. The molecule has 2 atom stereocenters. The van der Waals surface area contributed by atoms with Gasteiger partial charge in [0.15, 0.2) is 0 Å². The zero-order valence-electron chi connectivity index (χ0n) is 11.3. The summed E-state index contributed by atoms with van der Waals surface area (Å²) in [5, 5.41) is 3.13. The average Bonchev–Trinajstić information content (AvgIpc) is 2.38. The van der Waals surface area contributed by atoms with Crippen LogP contribution in [0.2, 0.25) is 0 Å². The predicted octanol–water partition coefficient (Wildman–Crippen LogP) is 2.94. The first kappa shape index (κ1) is 15.3. The molecule has 0 saturated carbocycles. The Kier molecular flexibility index (Phi) is 4.65. The summed E-state index contributed by atoms with van der Waals surface area (Å²) >= 11 is 0. The molecule has 1 aromatic rings. The van der Waals surface area contributed by atoms with E-state index in [1.165, 1.54) is 24.1 Å². The standard InChI is InChI=1S/C14H18F4N2/c1-20-7-6-12(8-13(20)14(16,17)18)19-9-10-2-4-11(15)5-3-10/h2-5,12-13,19H,6-9H2,1H3. The minimum atomic E-state index is -4.19. The maximum Gasteiger partial charge on any atom is 0.404 e. The van der Waals surface area contributed by atoms with E-state index >= 15 is 0 Å². The molecule has 1 aliphatic rings. The maximum absolute atomic E-state index is 12.9. The predicted molar refractivity (Wildman–Crippen MR) is 68.7 cm³/mol. The third kappa shape index (κ3) is 3.93. The molecule has 0 aliphatic carbocycles. The number of benzene rings is 1. The highest BCUT2D eigenvalue weighted by Gasteiger charge is 2.45. The van der Waals surface area contributed by atoms with Gasteiger partial charge in [-0.3, -0.25) is 4.90 Å². The molecule has 1 aromatic carbocycles. The smallest absolute Gasteiger partial charge is 0.310 e. The van der Waals surface area contributed by atoms with Crippen molar-refractivity contribution in [2.45, 2.75) is 37.6 Å². The van der Waals surface area contributed by atoms with Crippen LogP contribution in [0.25, 0.3) is 0 Å². The number of rotatable bonds is 3. The van der Waals surface area contributed by atoms with Crippen LogP contribution in [0.4, 0.5) is 17.6 Å². The molecule has 1 aliphatic heterocycles. The van der Waals surface area contributed by atoms with Crippen molar-refractivity contribution in [1.82, 2.24) is 10.2 Å². The van der Waals surface area contributed by atoms with Crippen LogP contribution in [0.5, 0.6) is 0 Å². The first-order chi connectivity index (χ1) is 9.36. The summed E-state index contributed by atoms with van der Waals surface area (Å²) in [5.41, 5.74) is 0.869. The van der Waals surface area contributed by atoms with Gasteiger partial charge >= 0.3 is 6.18 Å². The van der Waals surface area contributed by atoms with Crippen molar-refractivity contribution in [3.05, 3.63) is 35.6 Å². The van der Waals surface area contributed by atoms with Crippen LogP contribution in [0.15, 0.2) is 24.3 Å². The van der Waals surface area contributed by atoms with Gasteiger partial charge in [-0.15, -0.1) is 0 Å². The van der Waals surface area contributed by atoms with Crippen LogP contribution >= 0.6 is 0 Å². The minimum absolute atomic E-state index is 0.0567. The summed E-state index contributed by atoms with van der Waals surface area (Å²) in [5.74, 6) is -0.315. The van der Waals surface area contributed by atoms with Gasteiger partial charge in [0.2, 0.25) is 0 Å². The van der Waals surface area contributed by atoms with Gasteiger partial charge < -0.3 is 5.32 Å². The Bertz CT molecular complexity index is 430. The minimum Gasteiger partial charge on any atom is -0.310 e.